The van der Waals surface area contributed by atoms with Crippen LogP contribution in [0.2, 0.25) is 21.6 Å². The van der Waals surface area contributed by atoms with Crippen molar-refractivity contribution in [3.05, 3.63) is 63.7 Å². The molecule has 4 rings (SSSR count). The first-order chi connectivity index (χ1) is 17.4. The Hall–Kier alpha value is -2.36. The fraction of sp³-hybridized carbons (Fsp3) is 0.407. The highest BCUT2D eigenvalue weighted by atomic mass is 79.9. The van der Waals surface area contributed by atoms with E-state index < -0.39 is 25.9 Å². The molecule has 6 nitrogen and oxygen atoms in total. The van der Waals surface area contributed by atoms with Gasteiger partial charge in [-0.2, -0.15) is 0 Å². The van der Waals surface area contributed by atoms with Crippen molar-refractivity contribution in [3.8, 4) is 5.75 Å². The Bertz CT molecular complexity index is 1380. The van der Waals surface area contributed by atoms with Crippen molar-refractivity contribution < 1.29 is 18.4 Å². The molecule has 0 N–H and O–H groups in total. The number of pyridine rings is 2. The summed E-state index contributed by atoms with van der Waals surface area (Å²) in [6.45, 7) is 12.9. The van der Waals surface area contributed by atoms with E-state index in [1.165, 1.54) is 18.2 Å². The molecule has 0 saturated heterocycles. The van der Waals surface area contributed by atoms with Gasteiger partial charge in [0.25, 0.3) is 20.1 Å². The molecule has 37 heavy (non-hydrogen) atoms. The van der Waals surface area contributed by atoms with Crippen LogP contribution in [0.5, 0.6) is 5.75 Å². The molecule has 0 bridgehead atoms. The van der Waals surface area contributed by atoms with Crippen molar-refractivity contribution in [2.24, 2.45) is 0 Å². The quantitative estimate of drug-likeness (QED) is 0.149. The third-order valence-corrected chi connectivity index (χ3v) is 14.1. The van der Waals surface area contributed by atoms with Crippen LogP contribution >= 0.6 is 27.5 Å². The van der Waals surface area contributed by atoms with Gasteiger partial charge in [-0.05, 0) is 45.9 Å². The standard InChI is InChI=1S/C27H30BrClFN3O3Si/c1-14(2)37(15(3)4,16(5)6)36-25-21-23(32-22-18(12-28)9-10-31-24(22)25)27(35)33(26(21)34)13-17-7-8-20(30)19(29)11-17/h7-11,14-16H,12-13H2,1-6H3. The van der Waals surface area contributed by atoms with E-state index in [0.717, 1.165) is 10.5 Å². The number of carbonyl (C=O) groups is 2. The molecule has 2 amide bonds. The van der Waals surface area contributed by atoms with E-state index in [2.05, 4.69) is 67.4 Å². The van der Waals surface area contributed by atoms with E-state index in [1.54, 1.807) is 6.20 Å². The summed E-state index contributed by atoms with van der Waals surface area (Å²) in [7, 11) is -2.54. The monoisotopic (exact) mass is 605 g/mol. The van der Waals surface area contributed by atoms with Crippen LogP contribution in [-0.4, -0.2) is 35.0 Å². The van der Waals surface area contributed by atoms with Crippen LogP contribution < -0.4 is 4.43 Å². The highest BCUT2D eigenvalue weighted by Gasteiger charge is 2.50. The molecule has 0 spiro atoms. The normalized spacial score (nSPS) is 14.0. The van der Waals surface area contributed by atoms with Crippen molar-refractivity contribution in [2.75, 3.05) is 0 Å². The first-order valence-electron chi connectivity index (χ1n) is 12.3. The average molecular weight is 607 g/mol. The summed E-state index contributed by atoms with van der Waals surface area (Å²) in [4.78, 5) is 37.8. The minimum absolute atomic E-state index is 0.0510. The SMILES string of the molecule is CC(C)[Si](Oc1c2c(nc3c(CBr)ccnc13)C(=O)N(Cc1ccc(F)c(Cl)c1)C2=O)(C(C)C)C(C)C. The van der Waals surface area contributed by atoms with E-state index in [-0.39, 0.29) is 39.4 Å². The van der Waals surface area contributed by atoms with Crippen LogP contribution in [0.3, 0.4) is 0 Å². The summed E-state index contributed by atoms with van der Waals surface area (Å²) < 4.78 is 20.7. The predicted octanol–water partition coefficient (Wildman–Crippen LogP) is 7.67. The van der Waals surface area contributed by atoms with E-state index in [4.69, 9.17) is 16.0 Å². The zero-order valence-electron chi connectivity index (χ0n) is 21.7. The van der Waals surface area contributed by atoms with Crippen LogP contribution in [0.25, 0.3) is 11.0 Å². The lowest BCUT2D eigenvalue weighted by atomic mass is 10.1. The zero-order chi connectivity index (χ0) is 27.2. The van der Waals surface area contributed by atoms with Crippen LogP contribution in [0, 0.1) is 5.82 Å². The number of nitrogens with zero attached hydrogens (tertiary/aromatic N) is 3. The Labute approximate surface area is 230 Å². The Morgan fingerprint density at radius 1 is 1.03 bits per heavy atom. The van der Waals surface area contributed by atoms with Crippen LogP contribution in [0.15, 0.2) is 30.5 Å². The lowest BCUT2D eigenvalue weighted by Crippen LogP contribution is -2.51. The molecule has 196 valence electrons. The third-order valence-electron chi connectivity index (χ3n) is 7.27. The number of carbonyl (C=O) groups excluding carboxylic acids is 2. The topological polar surface area (TPSA) is 72.4 Å². The Balaban J connectivity index is 1.94. The molecular formula is C27H30BrClFN3O3Si. The van der Waals surface area contributed by atoms with E-state index in [9.17, 15) is 14.0 Å². The summed E-state index contributed by atoms with van der Waals surface area (Å²) in [5.74, 6) is -1.26. The first-order valence-corrected chi connectivity index (χ1v) is 15.9. The lowest BCUT2D eigenvalue weighted by molar-refractivity contribution is 0.0640. The van der Waals surface area contributed by atoms with Crippen molar-refractivity contribution in [1.29, 1.82) is 0 Å². The van der Waals surface area contributed by atoms with Crippen LogP contribution in [-0.2, 0) is 11.9 Å². The molecule has 0 radical (unpaired) electrons. The van der Waals surface area contributed by atoms with E-state index in [1.807, 2.05) is 6.07 Å². The maximum absolute atomic E-state index is 13.8. The van der Waals surface area contributed by atoms with Crippen molar-refractivity contribution in [3.63, 3.8) is 0 Å². The molecule has 3 heterocycles. The lowest BCUT2D eigenvalue weighted by Gasteiger charge is -2.42. The molecular weight excluding hydrogens is 577 g/mol. The number of amides is 2. The number of alkyl halides is 1. The smallest absolute Gasteiger partial charge is 0.280 e. The average Bonchev–Trinajstić information content (AvgIpc) is 3.07. The number of imide groups is 1. The largest absolute Gasteiger partial charge is 0.541 e. The number of halogens is 3. The van der Waals surface area contributed by atoms with Gasteiger partial charge in [0.2, 0.25) is 0 Å². The summed E-state index contributed by atoms with van der Waals surface area (Å²) in [5, 5.41) is 0.424. The van der Waals surface area contributed by atoms with Gasteiger partial charge >= 0.3 is 0 Å². The minimum Gasteiger partial charge on any atom is -0.541 e. The molecule has 1 aromatic carbocycles. The van der Waals surface area contributed by atoms with E-state index >= 15 is 0 Å². The second-order valence-corrected chi connectivity index (χ2v) is 16.7. The van der Waals surface area contributed by atoms with Crippen molar-refractivity contribution in [1.82, 2.24) is 14.9 Å². The van der Waals surface area contributed by atoms with Crippen molar-refractivity contribution in [2.45, 2.75) is 70.0 Å². The van der Waals surface area contributed by atoms with Gasteiger partial charge < -0.3 is 4.43 Å². The Morgan fingerprint density at radius 2 is 1.68 bits per heavy atom. The van der Waals surface area contributed by atoms with Crippen LogP contribution in [0.4, 0.5) is 4.39 Å². The summed E-state index contributed by atoms with van der Waals surface area (Å²) in [6, 6.07) is 5.97. The van der Waals surface area contributed by atoms with Gasteiger partial charge in [-0.1, -0.05) is 75.1 Å². The zero-order valence-corrected chi connectivity index (χ0v) is 25.1. The number of benzene rings is 1. The number of fused-ring (bicyclic) bond motifs is 2. The van der Waals surface area contributed by atoms with Gasteiger partial charge in [0.05, 0.1) is 17.1 Å². The molecule has 0 atom stereocenters. The molecule has 3 aromatic rings. The van der Waals surface area contributed by atoms with E-state index in [0.29, 0.717) is 27.7 Å². The van der Waals surface area contributed by atoms with Gasteiger partial charge in [0.15, 0.2) is 0 Å². The molecule has 1 aliphatic rings. The minimum atomic E-state index is -2.54. The predicted molar refractivity (Wildman–Crippen MR) is 149 cm³/mol. The maximum Gasteiger partial charge on any atom is 0.280 e. The number of aromatic nitrogens is 2. The molecule has 1 aliphatic heterocycles. The van der Waals surface area contributed by atoms with Crippen LogP contribution in [0.1, 0.15) is 73.5 Å². The van der Waals surface area contributed by atoms with Gasteiger partial charge in [-0.25, -0.2) is 9.37 Å². The fourth-order valence-electron chi connectivity index (χ4n) is 5.59. The third kappa shape index (κ3) is 4.59. The Kier molecular flexibility index (Phi) is 7.79. The Morgan fingerprint density at radius 3 is 2.24 bits per heavy atom. The highest BCUT2D eigenvalue weighted by molar-refractivity contribution is 9.08. The van der Waals surface area contributed by atoms with Gasteiger partial charge in [-0.15, -0.1) is 0 Å². The fourth-order valence-corrected chi connectivity index (χ4v) is 11.5. The highest BCUT2D eigenvalue weighted by Crippen LogP contribution is 2.46. The molecule has 0 fully saturated rings. The molecule has 0 saturated carbocycles. The number of hydrogen-bond donors (Lipinski definition) is 0. The summed E-state index contributed by atoms with van der Waals surface area (Å²) >= 11 is 9.45. The summed E-state index contributed by atoms with van der Waals surface area (Å²) in [5.41, 5.74) is 3.26. The number of hydrogen-bond acceptors (Lipinski definition) is 5. The first kappa shape index (κ1) is 27.7. The van der Waals surface area contributed by atoms with Gasteiger partial charge in [0, 0.05) is 11.5 Å². The summed E-state index contributed by atoms with van der Waals surface area (Å²) in [6.07, 6.45) is 1.67. The molecule has 10 heteroatoms. The van der Waals surface area contributed by atoms with Crippen molar-refractivity contribution >= 4 is 58.7 Å². The molecule has 0 unspecified atom stereocenters. The second kappa shape index (κ2) is 10.4. The number of rotatable bonds is 8. The van der Waals surface area contributed by atoms with Gasteiger partial charge in [0.1, 0.15) is 28.3 Å². The van der Waals surface area contributed by atoms with Gasteiger partial charge in [-0.3, -0.25) is 19.5 Å². The molecule has 2 aromatic heterocycles. The molecule has 0 aliphatic carbocycles. The maximum atomic E-state index is 13.8. The second-order valence-electron chi connectivity index (χ2n) is 10.3.